The van der Waals surface area contributed by atoms with Crippen LogP contribution in [0.2, 0.25) is 0 Å². The Balaban J connectivity index is 1.28. The maximum atomic E-state index is 12.3. The van der Waals surface area contributed by atoms with Gasteiger partial charge >= 0.3 is 5.97 Å². The fourth-order valence-electron chi connectivity index (χ4n) is 5.06. The van der Waals surface area contributed by atoms with Gasteiger partial charge in [0, 0.05) is 29.9 Å². The predicted molar refractivity (Wildman–Crippen MR) is 134 cm³/mol. The first-order chi connectivity index (χ1) is 17.2. The van der Waals surface area contributed by atoms with Crippen LogP contribution < -0.4 is 4.74 Å². The van der Waals surface area contributed by atoms with Crippen LogP contribution in [0.25, 0.3) is 11.0 Å². The van der Waals surface area contributed by atoms with E-state index in [1.54, 1.807) is 19.6 Å². The highest BCUT2D eigenvalue weighted by Crippen LogP contribution is 2.34. The summed E-state index contributed by atoms with van der Waals surface area (Å²) in [4.78, 5) is 19.5. The number of nitrogens with zero attached hydrogens (tertiary/aromatic N) is 3. The van der Waals surface area contributed by atoms with Crippen LogP contribution in [0.15, 0.2) is 65.7 Å². The fourth-order valence-corrected chi connectivity index (χ4v) is 5.06. The second-order valence-electron chi connectivity index (χ2n) is 9.02. The monoisotopic (exact) mass is 473 g/mol. The van der Waals surface area contributed by atoms with Gasteiger partial charge in [-0.05, 0) is 80.2 Å². The zero-order chi connectivity index (χ0) is 24.2. The van der Waals surface area contributed by atoms with Crippen molar-refractivity contribution in [3.63, 3.8) is 0 Å². The third-order valence-corrected chi connectivity index (χ3v) is 6.79. The van der Waals surface area contributed by atoms with Crippen molar-refractivity contribution in [3.05, 3.63) is 83.6 Å². The van der Waals surface area contributed by atoms with Crippen LogP contribution in [0.4, 0.5) is 0 Å². The topological polar surface area (TPSA) is 69.7 Å². The number of furan rings is 1. The minimum absolute atomic E-state index is 0.341. The van der Waals surface area contributed by atoms with Crippen LogP contribution >= 0.6 is 0 Å². The maximum Gasteiger partial charge on any atom is 0.341 e. The molecule has 1 fully saturated rings. The van der Waals surface area contributed by atoms with Gasteiger partial charge in [-0.25, -0.2) is 9.78 Å². The lowest BCUT2D eigenvalue weighted by Crippen LogP contribution is -2.32. The first-order valence-electron chi connectivity index (χ1n) is 12.2. The average molecular weight is 474 g/mol. The Morgan fingerprint density at radius 2 is 2.00 bits per heavy atom. The van der Waals surface area contributed by atoms with Crippen molar-refractivity contribution in [2.75, 3.05) is 26.8 Å². The number of rotatable bonds is 8. The van der Waals surface area contributed by atoms with E-state index in [0.29, 0.717) is 23.8 Å². The van der Waals surface area contributed by atoms with Crippen molar-refractivity contribution in [3.8, 4) is 5.75 Å². The molecule has 0 radical (unpaired) electrons. The highest BCUT2D eigenvalue weighted by Gasteiger charge is 2.25. The van der Waals surface area contributed by atoms with Crippen LogP contribution in [0.5, 0.6) is 5.75 Å². The number of aromatic nitrogens is 2. The Labute approximate surface area is 205 Å². The number of hydrogen-bond donors (Lipinski definition) is 0. The molecule has 4 heterocycles. The summed E-state index contributed by atoms with van der Waals surface area (Å²) >= 11 is 0. The summed E-state index contributed by atoms with van der Waals surface area (Å²) in [6.07, 6.45) is 9.81. The summed E-state index contributed by atoms with van der Waals surface area (Å²) in [7, 11) is 1.57. The van der Waals surface area contributed by atoms with Crippen molar-refractivity contribution < 1.29 is 18.7 Å². The summed E-state index contributed by atoms with van der Waals surface area (Å²) in [5.74, 6) is 0.700. The van der Waals surface area contributed by atoms with Crippen LogP contribution in [0, 0.1) is 0 Å². The largest absolute Gasteiger partial charge is 0.496 e. The number of fused-ring (bicyclic) bond motifs is 1. The van der Waals surface area contributed by atoms with E-state index in [0.717, 1.165) is 55.8 Å². The van der Waals surface area contributed by atoms with Gasteiger partial charge in [-0.15, -0.1) is 0 Å². The molecule has 4 aromatic rings. The smallest absolute Gasteiger partial charge is 0.341 e. The molecular weight excluding hydrogens is 442 g/mol. The van der Waals surface area contributed by atoms with E-state index in [4.69, 9.17) is 13.9 Å². The fraction of sp³-hybridized carbons (Fsp3) is 0.357. The lowest BCUT2D eigenvalue weighted by molar-refractivity contribution is 0.0522. The maximum absolute atomic E-state index is 12.3. The first-order valence-corrected chi connectivity index (χ1v) is 12.2. The molecule has 3 aromatic heterocycles. The van der Waals surface area contributed by atoms with Crippen molar-refractivity contribution >= 4 is 17.0 Å². The normalized spacial score (nSPS) is 14.9. The number of methoxy groups -OCH3 is 1. The van der Waals surface area contributed by atoms with E-state index in [1.807, 2.05) is 43.5 Å². The molecule has 7 nitrogen and oxygen atoms in total. The number of esters is 1. The van der Waals surface area contributed by atoms with Crippen LogP contribution in [-0.2, 0) is 17.8 Å². The molecular formula is C28H31N3O4. The van der Waals surface area contributed by atoms with Crippen molar-refractivity contribution in [2.45, 2.75) is 38.8 Å². The molecule has 7 heteroatoms. The number of benzene rings is 1. The van der Waals surface area contributed by atoms with E-state index >= 15 is 0 Å². The first kappa shape index (κ1) is 23.2. The molecule has 1 aliphatic rings. The Morgan fingerprint density at radius 1 is 1.14 bits per heavy atom. The molecule has 182 valence electrons. The number of likely N-dealkylation sites (tertiary alicyclic amines) is 1. The van der Waals surface area contributed by atoms with Crippen LogP contribution in [0.3, 0.4) is 0 Å². The van der Waals surface area contributed by atoms with Crippen molar-refractivity contribution in [1.29, 1.82) is 0 Å². The molecule has 0 spiro atoms. The third kappa shape index (κ3) is 4.95. The molecule has 0 N–H and O–H groups in total. The van der Waals surface area contributed by atoms with E-state index in [1.165, 1.54) is 10.9 Å². The van der Waals surface area contributed by atoms with E-state index < -0.39 is 0 Å². The molecule has 0 unspecified atom stereocenters. The van der Waals surface area contributed by atoms with Gasteiger partial charge in [-0.2, -0.15) is 0 Å². The highest BCUT2D eigenvalue weighted by molar-refractivity contribution is 5.92. The Bertz CT molecular complexity index is 1290. The van der Waals surface area contributed by atoms with E-state index in [-0.39, 0.29) is 5.97 Å². The number of pyridine rings is 1. The molecule has 1 aliphatic heterocycles. The van der Waals surface area contributed by atoms with Gasteiger partial charge in [0.05, 0.1) is 32.8 Å². The van der Waals surface area contributed by atoms with Gasteiger partial charge in [-0.1, -0.05) is 6.07 Å². The summed E-state index contributed by atoms with van der Waals surface area (Å²) < 4.78 is 18.1. The van der Waals surface area contributed by atoms with Gasteiger partial charge < -0.3 is 18.5 Å². The second-order valence-corrected chi connectivity index (χ2v) is 9.02. The summed E-state index contributed by atoms with van der Waals surface area (Å²) in [5, 5.41) is 1.24. The molecule has 0 saturated carbocycles. The minimum atomic E-state index is -0.342. The molecule has 0 bridgehead atoms. The molecule has 0 aliphatic carbocycles. The molecule has 5 rings (SSSR count). The number of ether oxygens (including phenoxy) is 2. The minimum Gasteiger partial charge on any atom is -0.496 e. The summed E-state index contributed by atoms with van der Waals surface area (Å²) in [6, 6.07) is 12.0. The SMILES string of the molecule is CCOC(=O)c1cc(CN2CCC(c3cn(Cc4ccoc4)c4ncccc34)CC2)ccc1OC. The number of hydrogen-bond acceptors (Lipinski definition) is 6. The van der Waals surface area contributed by atoms with Crippen LogP contribution in [-0.4, -0.2) is 47.2 Å². The van der Waals surface area contributed by atoms with Gasteiger partial charge in [0.2, 0.25) is 0 Å². The quantitative estimate of drug-likeness (QED) is 0.326. The lowest BCUT2D eigenvalue weighted by atomic mass is 9.89. The Morgan fingerprint density at radius 3 is 2.74 bits per heavy atom. The molecule has 1 saturated heterocycles. The van der Waals surface area contributed by atoms with E-state index in [9.17, 15) is 4.79 Å². The molecule has 1 aromatic carbocycles. The highest BCUT2D eigenvalue weighted by atomic mass is 16.5. The predicted octanol–water partition coefficient (Wildman–Crippen LogP) is 5.24. The van der Waals surface area contributed by atoms with Gasteiger partial charge in [0.15, 0.2) is 0 Å². The Kier molecular flexibility index (Phi) is 6.86. The molecule has 35 heavy (non-hydrogen) atoms. The summed E-state index contributed by atoms with van der Waals surface area (Å²) in [6.45, 7) is 5.70. The van der Waals surface area contributed by atoms with E-state index in [2.05, 4.69) is 26.7 Å². The third-order valence-electron chi connectivity index (χ3n) is 6.79. The Hall–Kier alpha value is -3.58. The van der Waals surface area contributed by atoms with Crippen LogP contribution in [0.1, 0.15) is 52.7 Å². The zero-order valence-electron chi connectivity index (χ0n) is 20.3. The zero-order valence-corrected chi connectivity index (χ0v) is 20.3. The number of carbonyl (C=O) groups excluding carboxylic acids is 1. The van der Waals surface area contributed by atoms with Gasteiger partial charge in [0.25, 0.3) is 0 Å². The number of carbonyl (C=O) groups is 1. The van der Waals surface area contributed by atoms with Crippen molar-refractivity contribution in [1.82, 2.24) is 14.5 Å². The lowest BCUT2D eigenvalue weighted by Gasteiger charge is -2.32. The standard InChI is InChI=1S/C28H31N3O4/c1-3-35-28(32)24-15-20(6-7-26(24)33-2)16-30-12-8-22(9-13-30)25-18-31(17-21-10-14-34-19-21)27-23(25)5-4-11-29-27/h4-7,10-11,14-15,18-19,22H,3,8-9,12-13,16-17H2,1-2H3. The van der Waals surface area contributed by atoms with Gasteiger partial charge in [-0.3, -0.25) is 4.90 Å². The van der Waals surface area contributed by atoms with Crippen molar-refractivity contribution in [2.24, 2.45) is 0 Å². The number of piperidine rings is 1. The second kappa shape index (κ2) is 10.4. The van der Waals surface area contributed by atoms with Gasteiger partial charge in [0.1, 0.15) is 17.0 Å². The molecule has 0 atom stereocenters. The molecule has 0 amide bonds. The summed E-state index contributed by atoms with van der Waals surface area (Å²) in [5.41, 5.74) is 5.12. The average Bonchev–Trinajstić information content (AvgIpc) is 3.53.